The number of imidazole rings is 1. The van der Waals surface area contributed by atoms with Crippen molar-refractivity contribution in [1.29, 1.82) is 0 Å². The molecule has 10 N–H and O–H groups in total. The number of phosphoric acid groups is 3. The van der Waals surface area contributed by atoms with Crippen molar-refractivity contribution in [2.75, 3.05) is 43.7 Å². The highest BCUT2D eigenvalue weighted by Crippen LogP contribution is 2.61. The number of hydrogen-bond donors (Lipinski definition) is 9. The molecule has 24 nitrogen and oxygen atoms in total. The Balaban J connectivity index is 1.50. The van der Waals surface area contributed by atoms with Crippen LogP contribution in [0.1, 0.15) is 39.3 Å². The van der Waals surface area contributed by atoms with Crippen LogP contribution in [0, 0.1) is 5.41 Å². The molecule has 1 aliphatic rings. The molecule has 7 atom stereocenters. The van der Waals surface area contributed by atoms with Crippen molar-refractivity contribution in [3.8, 4) is 0 Å². The van der Waals surface area contributed by atoms with E-state index in [9.17, 15) is 57.9 Å². The minimum Gasteiger partial charge on any atom is -0.386 e. The largest absolute Gasteiger partial charge is 0.481 e. The van der Waals surface area contributed by atoms with Crippen LogP contribution in [0.15, 0.2) is 12.7 Å². The minimum absolute atomic E-state index is 0.0291. The zero-order chi connectivity index (χ0) is 40.5. The van der Waals surface area contributed by atoms with Crippen molar-refractivity contribution in [3.63, 3.8) is 0 Å². The lowest BCUT2D eigenvalue weighted by atomic mass is 9.87. The Bertz CT molecular complexity index is 1770. The number of nitrogen functional groups attached to an aromatic ring is 1. The van der Waals surface area contributed by atoms with Gasteiger partial charge in [0.1, 0.15) is 36.3 Å². The fourth-order valence-corrected chi connectivity index (χ4v) is 8.26. The number of fused-ring (bicyclic) bond motifs is 1. The van der Waals surface area contributed by atoms with E-state index in [0.717, 1.165) is 29.0 Å². The second kappa shape index (κ2) is 19.8. The number of nitrogens with one attached hydrogen (secondary N) is 2. The van der Waals surface area contributed by atoms with Gasteiger partial charge in [-0.1, -0.05) is 25.6 Å². The molecule has 0 aliphatic carbocycles. The first-order chi connectivity index (χ1) is 25.1. The Labute approximate surface area is 316 Å². The summed E-state index contributed by atoms with van der Waals surface area (Å²) in [6.07, 6.45) is -6.05. The molecule has 0 radical (unpaired) electrons. The highest BCUT2D eigenvalue weighted by atomic mass is 35.5. The molecule has 29 heteroatoms. The summed E-state index contributed by atoms with van der Waals surface area (Å²) in [7, 11) is -16.4. The lowest BCUT2D eigenvalue weighted by molar-refractivity contribution is -0.137. The summed E-state index contributed by atoms with van der Waals surface area (Å²) in [5.41, 5.74) is 4.25. The number of rotatable bonds is 22. The topological polar surface area (TPSA) is 364 Å². The van der Waals surface area contributed by atoms with Crippen LogP contribution in [0.5, 0.6) is 0 Å². The number of halogens is 1. The predicted molar refractivity (Wildman–Crippen MR) is 187 cm³/mol. The summed E-state index contributed by atoms with van der Waals surface area (Å²) in [5.74, 6) is -0.757. The van der Waals surface area contributed by atoms with Gasteiger partial charge in [-0.05, 0) is 6.42 Å². The monoisotopic (exact) mass is 871 g/mol. The molecule has 0 spiro atoms. The normalized spacial score (nSPS) is 22.0. The Morgan fingerprint density at radius 2 is 1.76 bits per heavy atom. The molecule has 306 valence electrons. The van der Waals surface area contributed by atoms with E-state index >= 15 is 0 Å². The number of hydrogen-bond acceptors (Lipinski definition) is 18. The predicted octanol–water partition coefficient (Wildman–Crippen LogP) is -0.316. The fraction of sp³-hybridized carbons (Fsp3) is 0.680. The number of amides is 2. The molecule has 0 aromatic carbocycles. The van der Waals surface area contributed by atoms with Gasteiger partial charge in [-0.15, -0.1) is 11.6 Å². The zero-order valence-electron chi connectivity index (χ0n) is 28.6. The van der Waals surface area contributed by atoms with Crippen LogP contribution in [-0.4, -0.2) is 129 Å². The van der Waals surface area contributed by atoms with Crippen LogP contribution in [-0.2, 0) is 50.7 Å². The van der Waals surface area contributed by atoms with Gasteiger partial charge in [0, 0.05) is 43.0 Å². The average Bonchev–Trinajstić information content (AvgIpc) is 3.63. The van der Waals surface area contributed by atoms with Crippen LogP contribution < -0.4 is 16.4 Å². The van der Waals surface area contributed by atoms with Crippen molar-refractivity contribution >= 4 is 80.7 Å². The first kappa shape index (κ1) is 46.2. The van der Waals surface area contributed by atoms with Crippen LogP contribution in [0.25, 0.3) is 11.2 Å². The number of anilines is 1. The van der Waals surface area contributed by atoms with Crippen molar-refractivity contribution in [3.05, 3.63) is 12.7 Å². The van der Waals surface area contributed by atoms with E-state index in [-0.39, 0.29) is 41.6 Å². The minimum atomic E-state index is -5.57. The number of thioether (sulfide) groups is 1. The van der Waals surface area contributed by atoms with Crippen LogP contribution >= 0.6 is 46.8 Å². The van der Waals surface area contributed by atoms with Crippen molar-refractivity contribution in [2.24, 2.45) is 5.41 Å². The third-order valence-electron chi connectivity index (χ3n) is 7.28. The summed E-state index contributed by atoms with van der Waals surface area (Å²) >= 11 is 6.59. The number of alkyl halides is 1. The summed E-state index contributed by atoms with van der Waals surface area (Å²) < 4.78 is 62.0. The van der Waals surface area contributed by atoms with Gasteiger partial charge in [0.2, 0.25) is 11.8 Å². The Kier molecular flexibility index (Phi) is 17.0. The van der Waals surface area contributed by atoms with E-state index in [2.05, 4.69) is 34.4 Å². The van der Waals surface area contributed by atoms with Crippen LogP contribution in [0.3, 0.4) is 0 Å². The molecule has 3 heterocycles. The van der Waals surface area contributed by atoms with Crippen molar-refractivity contribution in [1.82, 2.24) is 30.2 Å². The summed E-state index contributed by atoms with van der Waals surface area (Å²) in [6, 6.07) is 0. The molecule has 1 fully saturated rings. The number of aromatic nitrogens is 4. The molecular formula is C25H41ClN7O17P3S. The number of phosphoric ester groups is 3. The van der Waals surface area contributed by atoms with Gasteiger partial charge in [0.15, 0.2) is 22.8 Å². The lowest BCUT2D eigenvalue weighted by Crippen LogP contribution is -2.46. The van der Waals surface area contributed by atoms with E-state index in [1.807, 2.05) is 0 Å². The Morgan fingerprint density at radius 1 is 1.07 bits per heavy atom. The number of nitrogens with zero attached hydrogens (tertiary/aromatic N) is 4. The molecule has 2 aromatic heterocycles. The smallest absolute Gasteiger partial charge is 0.386 e. The van der Waals surface area contributed by atoms with E-state index < -0.39 is 84.6 Å². The number of carbonyl (C=O) groups excluding carboxylic acids is 3. The van der Waals surface area contributed by atoms with E-state index in [1.165, 1.54) is 13.8 Å². The molecule has 54 heavy (non-hydrogen) atoms. The molecule has 2 amide bonds. The van der Waals surface area contributed by atoms with Gasteiger partial charge in [-0.25, -0.2) is 28.6 Å². The molecule has 0 bridgehead atoms. The summed E-state index contributed by atoms with van der Waals surface area (Å²) in [5, 5.41) is 26.2. The second-order valence-electron chi connectivity index (χ2n) is 12.1. The highest BCUT2D eigenvalue weighted by Gasteiger charge is 2.50. The third kappa shape index (κ3) is 14.1. The molecule has 3 rings (SSSR count). The van der Waals surface area contributed by atoms with E-state index in [1.54, 1.807) is 0 Å². The first-order valence-electron chi connectivity index (χ1n) is 15.7. The van der Waals surface area contributed by atoms with Gasteiger partial charge in [0.05, 0.1) is 19.5 Å². The molecule has 2 aromatic rings. The highest BCUT2D eigenvalue weighted by molar-refractivity contribution is 8.13. The molecule has 0 saturated carbocycles. The van der Waals surface area contributed by atoms with Crippen molar-refractivity contribution < 1.29 is 80.5 Å². The quantitative estimate of drug-likeness (QED) is 0.0416. The summed E-state index contributed by atoms with van der Waals surface area (Å²) in [4.78, 5) is 87.0. The van der Waals surface area contributed by atoms with Crippen LogP contribution in [0.4, 0.5) is 5.82 Å². The summed E-state index contributed by atoms with van der Waals surface area (Å²) in [6.45, 7) is 0.474. The second-order valence-corrected chi connectivity index (χ2v) is 17.8. The molecule has 1 aliphatic heterocycles. The number of nitrogens with two attached hydrogens (primary N) is 1. The van der Waals surface area contributed by atoms with Crippen LogP contribution in [0.2, 0.25) is 0 Å². The standard InChI is InChI=1S/C25H41ClN7O17P3S/c1-25(2,20(37)23(38)29-7-5-15(34)28-8-9-54-16(35)4-3-6-26)11-47-53(44,45)50-52(42,43)46-10-14-19(49-51(39,40)41)18(36)24(48-14)33-13-32-17-21(27)30-12-31-22(17)33/h12-14,18-20,24,36-37H,3-11H2,1-2H3,(H,28,34)(H,29,38)(H,42,43)(H,44,45)(H2,27,30,31)(H2,39,40,41)/t14-,18-,19-,20+,24-/m1/s1. The SMILES string of the molecule is CC(C)(COP(=O)(O)OP(=O)(O)OC[C@H]1O[C@@H](n2cnc3c(N)ncnc32)[C@H](O)[C@@H]1OP(=O)(O)O)[C@@H](O)C(=O)NCCC(=O)NCCSC(=O)CCCCl. The van der Waals surface area contributed by atoms with Crippen molar-refractivity contribution in [2.45, 2.75) is 63.8 Å². The van der Waals surface area contributed by atoms with Gasteiger partial charge in [-0.2, -0.15) is 4.31 Å². The number of ether oxygens (including phenoxy) is 1. The molecule has 1 saturated heterocycles. The maximum absolute atomic E-state index is 12.6. The van der Waals surface area contributed by atoms with Gasteiger partial charge < -0.3 is 50.9 Å². The fourth-order valence-electron chi connectivity index (χ4n) is 4.58. The third-order valence-corrected chi connectivity index (χ3v) is 11.6. The Hall–Kier alpha value is -2.15. The van der Waals surface area contributed by atoms with E-state index in [4.69, 9.17) is 31.1 Å². The number of aliphatic hydroxyl groups is 2. The lowest BCUT2D eigenvalue weighted by Gasteiger charge is -2.30. The maximum Gasteiger partial charge on any atom is 0.481 e. The maximum atomic E-state index is 12.6. The number of aliphatic hydroxyl groups excluding tert-OH is 2. The van der Waals surface area contributed by atoms with Gasteiger partial charge in [-0.3, -0.25) is 32.5 Å². The number of carbonyl (C=O) groups is 3. The zero-order valence-corrected chi connectivity index (χ0v) is 32.8. The van der Waals surface area contributed by atoms with E-state index in [0.29, 0.717) is 24.5 Å². The van der Waals surface area contributed by atoms with Gasteiger partial charge in [0.25, 0.3) is 0 Å². The average molecular weight is 872 g/mol. The molecule has 2 unspecified atom stereocenters. The van der Waals surface area contributed by atoms with Gasteiger partial charge >= 0.3 is 23.5 Å². The first-order valence-corrected chi connectivity index (χ1v) is 21.7. The molecular weight excluding hydrogens is 831 g/mol. The Morgan fingerprint density at radius 3 is 2.43 bits per heavy atom.